The molecule has 1 aliphatic heterocycles. The molecule has 0 saturated carbocycles. The Kier molecular flexibility index (Phi) is 5.23. The van der Waals surface area contributed by atoms with Crippen LogP contribution in [0.4, 0.5) is 5.13 Å². The highest BCUT2D eigenvalue weighted by Gasteiger charge is 2.16. The van der Waals surface area contributed by atoms with Crippen molar-refractivity contribution in [1.29, 1.82) is 0 Å². The topological polar surface area (TPSA) is 54.0 Å². The first-order valence-electron chi connectivity index (χ1n) is 7.79. The van der Waals surface area contributed by atoms with E-state index in [1.165, 1.54) is 27.5 Å². The molecule has 0 aromatic carbocycles. The van der Waals surface area contributed by atoms with Crippen LogP contribution in [0.15, 0.2) is 17.5 Å². The summed E-state index contributed by atoms with van der Waals surface area (Å²) in [7, 11) is 0. The summed E-state index contributed by atoms with van der Waals surface area (Å²) in [4.78, 5) is 19.1. The molecule has 3 heterocycles. The molecule has 0 aliphatic carbocycles. The molecule has 2 aromatic rings. The van der Waals surface area contributed by atoms with E-state index in [9.17, 15) is 4.79 Å². The maximum atomic E-state index is 12.0. The van der Waals surface area contributed by atoms with Crippen molar-refractivity contribution >= 4 is 33.7 Å². The van der Waals surface area contributed by atoms with Gasteiger partial charge in [0.15, 0.2) is 5.13 Å². The van der Waals surface area contributed by atoms with Gasteiger partial charge in [0.05, 0.1) is 10.6 Å². The number of anilines is 1. The van der Waals surface area contributed by atoms with Gasteiger partial charge in [-0.3, -0.25) is 4.79 Å². The van der Waals surface area contributed by atoms with E-state index in [-0.39, 0.29) is 5.91 Å². The number of carbonyl (C=O) groups excluding carboxylic acids is 1. The minimum Gasteiger partial charge on any atom is -0.316 e. The average Bonchev–Trinajstić information content (AvgIpc) is 3.25. The predicted octanol–water partition coefficient (Wildman–Crippen LogP) is 3.76. The number of amides is 1. The lowest BCUT2D eigenvalue weighted by molar-refractivity contribution is -0.116. The number of hydrogen-bond donors (Lipinski definition) is 2. The van der Waals surface area contributed by atoms with Gasteiger partial charge in [0, 0.05) is 16.7 Å². The molecule has 2 aromatic heterocycles. The smallest absolute Gasteiger partial charge is 0.226 e. The Morgan fingerprint density at radius 1 is 1.50 bits per heavy atom. The highest BCUT2D eigenvalue weighted by atomic mass is 32.1. The summed E-state index contributed by atoms with van der Waals surface area (Å²) in [6, 6.07) is 4.25. The first kappa shape index (κ1) is 15.6. The summed E-state index contributed by atoms with van der Waals surface area (Å²) < 4.78 is 0. The fourth-order valence-corrected chi connectivity index (χ4v) is 4.34. The number of nitrogens with zero attached hydrogens (tertiary/aromatic N) is 1. The summed E-state index contributed by atoms with van der Waals surface area (Å²) in [5.74, 6) is 0.726. The van der Waals surface area contributed by atoms with E-state index in [0.29, 0.717) is 17.5 Å². The van der Waals surface area contributed by atoms with E-state index < -0.39 is 0 Å². The molecule has 118 valence electrons. The summed E-state index contributed by atoms with van der Waals surface area (Å²) >= 11 is 3.27. The monoisotopic (exact) mass is 335 g/mol. The molecule has 1 atom stereocenters. The van der Waals surface area contributed by atoms with Crippen LogP contribution in [-0.2, 0) is 11.2 Å². The van der Waals surface area contributed by atoms with E-state index in [4.69, 9.17) is 0 Å². The zero-order chi connectivity index (χ0) is 15.4. The van der Waals surface area contributed by atoms with Crippen LogP contribution in [0.5, 0.6) is 0 Å². The number of carbonyl (C=O) groups is 1. The lowest BCUT2D eigenvalue weighted by atomic mass is 10.0. The summed E-state index contributed by atoms with van der Waals surface area (Å²) in [6.07, 6.45) is 3.78. The Labute approximate surface area is 139 Å². The molecule has 1 fully saturated rings. The number of nitrogens with one attached hydrogen (secondary N) is 2. The zero-order valence-electron chi connectivity index (χ0n) is 12.7. The fourth-order valence-electron chi connectivity index (χ4n) is 2.63. The van der Waals surface area contributed by atoms with Crippen molar-refractivity contribution in [2.75, 3.05) is 18.4 Å². The molecule has 1 saturated heterocycles. The van der Waals surface area contributed by atoms with Crippen molar-refractivity contribution < 1.29 is 4.79 Å². The van der Waals surface area contributed by atoms with Crippen molar-refractivity contribution in [3.05, 3.63) is 22.4 Å². The first-order chi connectivity index (χ1) is 10.7. The second-order valence-corrected chi connectivity index (χ2v) is 7.63. The highest BCUT2D eigenvalue weighted by Crippen LogP contribution is 2.31. The largest absolute Gasteiger partial charge is 0.316 e. The second kappa shape index (κ2) is 7.35. The number of thiophene rings is 1. The molecular weight excluding hydrogens is 314 g/mol. The molecule has 1 unspecified atom stereocenters. The molecule has 3 rings (SSSR count). The lowest BCUT2D eigenvalue weighted by Gasteiger charge is -2.06. The van der Waals surface area contributed by atoms with Crippen LogP contribution in [0.25, 0.3) is 10.6 Å². The van der Waals surface area contributed by atoms with Crippen molar-refractivity contribution in [3.63, 3.8) is 0 Å². The fraction of sp³-hybridized carbons (Fsp3) is 0.500. The Morgan fingerprint density at radius 3 is 3.14 bits per heavy atom. The van der Waals surface area contributed by atoms with Crippen LogP contribution < -0.4 is 10.6 Å². The quantitative estimate of drug-likeness (QED) is 0.845. The van der Waals surface area contributed by atoms with Crippen LogP contribution in [0.1, 0.15) is 31.1 Å². The molecule has 6 heteroatoms. The predicted molar refractivity (Wildman–Crippen MR) is 93.6 cm³/mol. The van der Waals surface area contributed by atoms with Gasteiger partial charge in [-0.05, 0) is 50.4 Å². The van der Waals surface area contributed by atoms with Crippen LogP contribution in [0.2, 0.25) is 0 Å². The maximum absolute atomic E-state index is 12.0. The van der Waals surface area contributed by atoms with E-state index >= 15 is 0 Å². The summed E-state index contributed by atoms with van der Waals surface area (Å²) in [6.45, 7) is 4.29. The Bertz CT molecular complexity index is 629. The van der Waals surface area contributed by atoms with Crippen LogP contribution in [-0.4, -0.2) is 24.0 Å². The summed E-state index contributed by atoms with van der Waals surface area (Å²) in [5.41, 5.74) is 0.963. The van der Waals surface area contributed by atoms with Crippen molar-refractivity contribution in [2.24, 2.45) is 5.92 Å². The Balaban J connectivity index is 1.53. The van der Waals surface area contributed by atoms with Crippen LogP contribution >= 0.6 is 22.7 Å². The van der Waals surface area contributed by atoms with Gasteiger partial charge in [-0.1, -0.05) is 6.92 Å². The van der Waals surface area contributed by atoms with Gasteiger partial charge >= 0.3 is 0 Å². The standard InChI is InChI=1S/C16H21N3OS2/c1-2-12-4-5-14(22-12)13-10-21-16(18-13)19-15(20)6-3-11-7-8-17-9-11/h4-5,10-11,17H,2-3,6-9H2,1H3,(H,18,19,20). The van der Waals surface area contributed by atoms with E-state index in [0.717, 1.165) is 31.6 Å². The van der Waals surface area contributed by atoms with Crippen molar-refractivity contribution in [3.8, 4) is 10.6 Å². The van der Waals surface area contributed by atoms with Gasteiger partial charge in [0.1, 0.15) is 0 Å². The van der Waals surface area contributed by atoms with Crippen LogP contribution in [0, 0.1) is 5.92 Å². The molecular formula is C16H21N3OS2. The number of hydrogen-bond acceptors (Lipinski definition) is 5. The average molecular weight is 335 g/mol. The van der Waals surface area contributed by atoms with Crippen LogP contribution in [0.3, 0.4) is 0 Å². The lowest BCUT2D eigenvalue weighted by Crippen LogP contribution is -2.14. The molecule has 4 nitrogen and oxygen atoms in total. The summed E-state index contributed by atoms with van der Waals surface area (Å²) in [5, 5.41) is 8.98. The molecule has 1 aliphatic rings. The number of thiazole rings is 1. The molecule has 0 bridgehead atoms. The minimum atomic E-state index is 0.0771. The Morgan fingerprint density at radius 2 is 2.41 bits per heavy atom. The van der Waals surface area contributed by atoms with Gasteiger partial charge in [-0.2, -0.15) is 0 Å². The van der Waals surface area contributed by atoms with Crippen molar-refractivity contribution in [1.82, 2.24) is 10.3 Å². The van der Waals surface area contributed by atoms with Gasteiger partial charge in [-0.15, -0.1) is 22.7 Å². The Hall–Kier alpha value is -1.24. The highest BCUT2D eigenvalue weighted by molar-refractivity contribution is 7.17. The third kappa shape index (κ3) is 3.94. The third-order valence-electron chi connectivity index (χ3n) is 3.96. The zero-order valence-corrected chi connectivity index (χ0v) is 14.4. The molecule has 1 amide bonds. The van der Waals surface area contributed by atoms with Gasteiger partial charge in [0.25, 0.3) is 0 Å². The SMILES string of the molecule is CCc1ccc(-c2csc(NC(=O)CCC3CCNC3)n2)s1. The molecule has 22 heavy (non-hydrogen) atoms. The van der Waals surface area contributed by atoms with Gasteiger partial charge in [0.2, 0.25) is 5.91 Å². The van der Waals surface area contributed by atoms with E-state index in [1.807, 2.05) is 5.38 Å². The first-order valence-corrected chi connectivity index (χ1v) is 9.49. The minimum absolute atomic E-state index is 0.0771. The van der Waals surface area contributed by atoms with E-state index in [2.05, 4.69) is 34.7 Å². The van der Waals surface area contributed by atoms with Crippen molar-refractivity contribution in [2.45, 2.75) is 32.6 Å². The number of aryl methyl sites for hydroxylation is 1. The number of aromatic nitrogens is 1. The maximum Gasteiger partial charge on any atom is 0.226 e. The van der Waals surface area contributed by atoms with Gasteiger partial charge in [-0.25, -0.2) is 4.98 Å². The third-order valence-corrected chi connectivity index (χ3v) is 5.96. The van der Waals surface area contributed by atoms with Gasteiger partial charge < -0.3 is 10.6 Å². The molecule has 2 N–H and O–H groups in total. The number of rotatable bonds is 6. The normalized spacial score (nSPS) is 17.8. The van der Waals surface area contributed by atoms with E-state index in [1.54, 1.807) is 11.3 Å². The molecule has 0 radical (unpaired) electrons. The second-order valence-electron chi connectivity index (χ2n) is 5.60. The molecule has 0 spiro atoms.